The zero-order chi connectivity index (χ0) is 24.8. The molecular weight excluding hydrogens is 474 g/mol. The van der Waals surface area contributed by atoms with Crippen molar-refractivity contribution in [2.45, 2.75) is 25.9 Å². The molecule has 0 saturated carbocycles. The zero-order valence-corrected chi connectivity index (χ0v) is 20.0. The Kier molecular flexibility index (Phi) is 8.15. The van der Waals surface area contributed by atoms with Crippen molar-refractivity contribution in [2.75, 3.05) is 31.9 Å². The molecule has 1 fully saturated rings. The van der Waals surface area contributed by atoms with Gasteiger partial charge in [0.15, 0.2) is 11.6 Å². The number of halogens is 3. The fraction of sp³-hybridized carbons (Fsp3) is 0.308. The molecule has 3 N–H and O–H groups in total. The van der Waals surface area contributed by atoms with Gasteiger partial charge in [0, 0.05) is 29.4 Å². The van der Waals surface area contributed by atoms with Crippen LogP contribution in [0.25, 0.3) is 11.1 Å². The SMILES string of the molecule is Nc1ncc(-c2cccc(C(=O)NCCCN3CCCC3)c2)cc1OCc1c(F)ccc(F)c1Cl. The molecule has 0 unspecified atom stereocenters. The minimum absolute atomic E-state index is 0.0913. The van der Waals surface area contributed by atoms with Gasteiger partial charge in [-0.1, -0.05) is 23.7 Å². The van der Waals surface area contributed by atoms with E-state index in [1.807, 2.05) is 6.07 Å². The Balaban J connectivity index is 1.42. The molecule has 2 heterocycles. The van der Waals surface area contributed by atoms with Gasteiger partial charge in [-0.2, -0.15) is 0 Å². The number of aromatic nitrogens is 1. The van der Waals surface area contributed by atoms with E-state index in [1.54, 1.807) is 30.5 Å². The van der Waals surface area contributed by atoms with E-state index in [4.69, 9.17) is 22.1 Å². The molecule has 1 aliphatic rings. The summed E-state index contributed by atoms with van der Waals surface area (Å²) in [5.74, 6) is -1.28. The second kappa shape index (κ2) is 11.5. The van der Waals surface area contributed by atoms with Gasteiger partial charge in [0.05, 0.1) is 5.02 Å². The van der Waals surface area contributed by atoms with Crippen LogP contribution in [-0.2, 0) is 6.61 Å². The summed E-state index contributed by atoms with van der Waals surface area (Å²) in [6.45, 7) is 3.56. The number of pyridine rings is 1. The summed E-state index contributed by atoms with van der Waals surface area (Å²) in [4.78, 5) is 19.2. The Hall–Kier alpha value is -3.23. The number of ether oxygens (including phenoxy) is 1. The number of carbonyl (C=O) groups excluding carboxylic acids is 1. The molecule has 0 radical (unpaired) electrons. The smallest absolute Gasteiger partial charge is 0.251 e. The summed E-state index contributed by atoms with van der Waals surface area (Å²) in [5.41, 5.74) is 7.73. The highest BCUT2D eigenvalue weighted by molar-refractivity contribution is 6.31. The predicted molar refractivity (Wildman–Crippen MR) is 132 cm³/mol. The van der Waals surface area contributed by atoms with Gasteiger partial charge in [-0.25, -0.2) is 13.8 Å². The summed E-state index contributed by atoms with van der Waals surface area (Å²) >= 11 is 5.87. The van der Waals surface area contributed by atoms with Crippen molar-refractivity contribution in [1.29, 1.82) is 0 Å². The van der Waals surface area contributed by atoms with Gasteiger partial charge in [-0.15, -0.1) is 0 Å². The third kappa shape index (κ3) is 6.26. The highest BCUT2D eigenvalue weighted by Gasteiger charge is 2.15. The third-order valence-corrected chi connectivity index (χ3v) is 6.39. The first-order valence-electron chi connectivity index (χ1n) is 11.5. The van der Waals surface area contributed by atoms with E-state index in [0.29, 0.717) is 17.7 Å². The van der Waals surface area contributed by atoms with E-state index in [9.17, 15) is 13.6 Å². The lowest BCUT2D eigenvalue weighted by molar-refractivity contribution is 0.0952. The second-order valence-electron chi connectivity index (χ2n) is 8.46. The van der Waals surface area contributed by atoms with Crippen LogP contribution >= 0.6 is 11.6 Å². The lowest BCUT2D eigenvalue weighted by Crippen LogP contribution is -2.28. The van der Waals surface area contributed by atoms with E-state index in [0.717, 1.165) is 43.8 Å². The minimum Gasteiger partial charge on any atom is -0.485 e. The first-order valence-corrected chi connectivity index (χ1v) is 11.9. The molecule has 1 aliphatic heterocycles. The maximum absolute atomic E-state index is 14.1. The van der Waals surface area contributed by atoms with E-state index in [2.05, 4.69) is 15.2 Å². The monoisotopic (exact) mass is 500 g/mol. The number of likely N-dealkylation sites (tertiary alicyclic amines) is 1. The molecule has 2 aromatic carbocycles. The Bertz CT molecular complexity index is 1200. The van der Waals surface area contributed by atoms with Crippen LogP contribution in [-0.4, -0.2) is 42.0 Å². The molecule has 1 aromatic heterocycles. The molecular formula is C26H27ClF2N4O2. The molecule has 0 bridgehead atoms. The van der Waals surface area contributed by atoms with Gasteiger partial charge in [0.1, 0.15) is 18.2 Å². The van der Waals surface area contributed by atoms with Gasteiger partial charge in [-0.3, -0.25) is 4.79 Å². The number of rotatable bonds is 9. The quantitative estimate of drug-likeness (QED) is 0.317. The van der Waals surface area contributed by atoms with Gasteiger partial charge in [-0.05, 0) is 74.8 Å². The average molecular weight is 501 g/mol. The van der Waals surface area contributed by atoms with E-state index < -0.39 is 11.6 Å². The van der Waals surface area contributed by atoms with E-state index >= 15 is 0 Å². The van der Waals surface area contributed by atoms with Crippen LogP contribution in [0.5, 0.6) is 5.75 Å². The summed E-state index contributed by atoms with van der Waals surface area (Å²) in [5, 5.41) is 2.63. The third-order valence-electron chi connectivity index (χ3n) is 5.99. The van der Waals surface area contributed by atoms with Gasteiger partial charge < -0.3 is 20.7 Å². The largest absolute Gasteiger partial charge is 0.485 e. The van der Waals surface area contributed by atoms with Crippen LogP contribution in [0.3, 0.4) is 0 Å². The molecule has 184 valence electrons. The minimum atomic E-state index is -0.738. The first-order chi connectivity index (χ1) is 16.9. The maximum atomic E-state index is 14.1. The number of amides is 1. The average Bonchev–Trinajstić information content (AvgIpc) is 3.39. The van der Waals surface area contributed by atoms with Crippen LogP contribution < -0.4 is 15.8 Å². The van der Waals surface area contributed by atoms with Crippen LogP contribution in [0.1, 0.15) is 35.2 Å². The Labute approximate surface area is 208 Å². The predicted octanol–water partition coefficient (Wildman–Crippen LogP) is 5.06. The molecule has 1 saturated heterocycles. The van der Waals surface area contributed by atoms with Crippen LogP contribution in [0.4, 0.5) is 14.6 Å². The molecule has 35 heavy (non-hydrogen) atoms. The zero-order valence-electron chi connectivity index (χ0n) is 19.2. The molecule has 0 spiro atoms. The molecule has 0 aliphatic carbocycles. The number of nitrogen functional groups attached to an aromatic ring is 1. The number of nitrogens with one attached hydrogen (secondary N) is 1. The summed E-state index contributed by atoms with van der Waals surface area (Å²) in [6, 6.07) is 10.7. The van der Waals surface area contributed by atoms with Crippen molar-refractivity contribution >= 4 is 23.3 Å². The van der Waals surface area contributed by atoms with Crippen molar-refractivity contribution in [1.82, 2.24) is 15.2 Å². The lowest BCUT2D eigenvalue weighted by atomic mass is 10.0. The molecule has 4 rings (SSSR count). The Morgan fingerprint density at radius 1 is 1.11 bits per heavy atom. The van der Waals surface area contributed by atoms with Crippen molar-refractivity contribution in [3.63, 3.8) is 0 Å². The molecule has 1 amide bonds. The maximum Gasteiger partial charge on any atom is 0.251 e. The number of carbonyl (C=O) groups is 1. The molecule has 9 heteroatoms. The fourth-order valence-electron chi connectivity index (χ4n) is 4.03. The van der Waals surface area contributed by atoms with Crippen molar-refractivity contribution in [2.24, 2.45) is 0 Å². The van der Waals surface area contributed by atoms with Crippen molar-refractivity contribution in [3.8, 4) is 16.9 Å². The molecule has 0 atom stereocenters. The van der Waals surface area contributed by atoms with Gasteiger partial charge in [0.2, 0.25) is 0 Å². The first kappa shape index (κ1) is 24.9. The Morgan fingerprint density at radius 2 is 1.89 bits per heavy atom. The van der Waals surface area contributed by atoms with Crippen LogP contribution in [0.2, 0.25) is 5.02 Å². The number of nitrogens with two attached hydrogens (primary N) is 1. The lowest BCUT2D eigenvalue weighted by Gasteiger charge is -2.14. The number of nitrogens with zero attached hydrogens (tertiary/aromatic N) is 2. The summed E-state index contributed by atoms with van der Waals surface area (Å²) < 4.78 is 33.4. The van der Waals surface area contributed by atoms with Gasteiger partial charge in [0.25, 0.3) is 5.91 Å². The van der Waals surface area contributed by atoms with Crippen LogP contribution in [0, 0.1) is 11.6 Å². The molecule has 6 nitrogen and oxygen atoms in total. The van der Waals surface area contributed by atoms with Crippen molar-refractivity contribution < 1.29 is 18.3 Å². The normalized spacial score (nSPS) is 13.7. The number of hydrogen-bond donors (Lipinski definition) is 2. The number of benzene rings is 2. The Morgan fingerprint density at radius 3 is 2.69 bits per heavy atom. The highest BCUT2D eigenvalue weighted by Crippen LogP contribution is 2.30. The molecule has 3 aromatic rings. The standard InChI is InChI=1S/C26H27ClF2N4O2/c27-24-20(21(28)7-8-22(24)29)16-35-23-14-19(15-32-25(23)30)17-5-3-6-18(13-17)26(34)31-9-4-12-33-10-1-2-11-33/h3,5-8,13-15H,1-2,4,9-12,16H2,(H2,30,32)(H,31,34). The fourth-order valence-corrected chi connectivity index (χ4v) is 4.24. The van der Waals surface area contributed by atoms with Gasteiger partial charge >= 0.3 is 0 Å². The van der Waals surface area contributed by atoms with E-state index in [-0.39, 0.29) is 34.7 Å². The topological polar surface area (TPSA) is 80.5 Å². The number of anilines is 1. The summed E-state index contributed by atoms with van der Waals surface area (Å²) in [7, 11) is 0. The van der Waals surface area contributed by atoms with Crippen molar-refractivity contribution in [3.05, 3.63) is 76.4 Å². The second-order valence-corrected chi connectivity index (χ2v) is 8.83. The highest BCUT2D eigenvalue weighted by atomic mass is 35.5. The number of hydrogen-bond acceptors (Lipinski definition) is 5. The van der Waals surface area contributed by atoms with E-state index in [1.165, 1.54) is 12.8 Å². The summed E-state index contributed by atoms with van der Waals surface area (Å²) in [6.07, 6.45) is 4.97. The van der Waals surface area contributed by atoms with Crippen LogP contribution in [0.15, 0.2) is 48.7 Å².